The number of hydrogen-bond acceptors (Lipinski definition) is 4. The van der Waals surface area contributed by atoms with Gasteiger partial charge in [-0.2, -0.15) is 0 Å². The molecule has 2 N–H and O–H groups in total. The number of methoxy groups -OCH3 is 2. The van der Waals surface area contributed by atoms with Crippen LogP contribution in [0.25, 0.3) is 0 Å². The molecule has 1 amide bonds. The number of halogens is 1. The van der Waals surface area contributed by atoms with E-state index in [0.717, 1.165) is 0 Å². The number of aromatic hydroxyl groups is 1. The van der Waals surface area contributed by atoms with Gasteiger partial charge < -0.3 is 19.9 Å². The van der Waals surface area contributed by atoms with E-state index in [9.17, 15) is 9.90 Å². The average molecular weight is 274 g/mol. The van der Waals surface area contributed by atoms with Crippen LogP contribution in [0.5, 0.6) is 11.5 Å². The number of carbonyl (C=O) groups is 1. The Labute approximate surface area is 111 Å². The lowest BCUT2D eigenvalue weighted by molar-refractivity contribution is 0.0904. The molecule has 0 aromatic heterocycles. The molecule has 0 aliphatic carbocycles. The first kappa shape index (κ1) is 14.6. The summed E-state index contributed by atoms with van der Waals surface area (Å²) in [6.07, 6.45) is 0. The molecular weight excluding hydrogens is 258 g/mol. The lowest BCUT2D eigenvalue weighted by Gasteiger charge is -2.15. The van der Waals surface area contributed by atoms with Gasteiger partial charge in [0, 0.05) is 13.0 Å². The number of hydrogen-bond donors (Lipinski definition) is 2. The largest absolute Gasteiger partial charge is 0.507 e. The molecule has 1 unspecified atom stereocenters. The quantitative estimate of drug-likeness (QED) is 0.769. The van der Waals surface area contributed by atoms with E-state index in [0.29, 0.717) is 12.4 Å². The summed E-state index contributed by atoms with van der Waals surface area (Å²) >= 11 is 5.69. The lowest BCUT2D eigenvalue weighted by atomic mass is 10.1. The smallest absolute Gasteiger partial charge is 0.255 e. The first-order valence-corrected chi connectivity index (χ1v) is 5.88. The minimum atomic E-state index is -0.422. The second kappa shape index (κ2) is 7.08. The lowest BCUT2D eigenvalue weighted by Crippen LogP contribution is -2.39. The fourth-order valence-corrected chi connectivity index (χ4v) is 1.58. The van der Waals surface area contributed by atoms with Gasteiger partial charge in [-0.05, 0) is 18.2 Å². The van der Waals surface area contributed by atoms with Gasteiger partial charge in [-0.1, -0.05) is 0 Å². The molecule has 0 saturated heterocycles. The van der Waals surface area contributed by atoms with Crippen LogP contribution in [-0.2, 0) is 4.74 Å². The standard InChI is InChI=1S/C12H16ClNO4/c1-17-7-8(6-13)14-12(16)10-5-9(18-2)3-4-11(10)15/h3-5,8,15H,6-7H2,1-2H3,(H,14,16). The van der Waals surface area contributed by atoms with E-state index in [1.165, 1.54) is 26.4 Å². The highest BCUT2D eigenvalue weighted by Crippen LogP contribution is 2.22. The first-order chi connectivity index (χ1) is 8.62. The van der Waals surface area contributed by atoms with E-state index in [2.05, 4.69) is 5.32 Å². The predicted octanol–water partition coefficient (Wildman–Crippen LogP) is 1.38. The molecule has 0 aliphatic heterocycles. The number of alkyl halides is 1. The zero-order chi connectivity index (χ0) is 13.5. The Morgan fingerprint density at radius 3 is 2.78 bits per heavy atom. The van der Waals surface area contributed by atoms with Gasteiger partial charge in [-0.25, -0.2) is 0 Å². The maximum absolute atomic E-state index is 11.9. The van der Waals surface area contributed by atoms with Crippen LogP contribution < -0.4 is 10.1 Å². The Hall–Kier alpha value is -1.46. The van der Waals surface area contributed by atoms with Crippen molar-refractivity contribution in [2.75, 3.05) is 26.7 Å². The molecule has 1 aromatic rings. The van der Waals surface area contributed by atoms with Gasteiger partial charge in [0.1, 0.15) is 11.5 Å². The number of nitrogens with one attached hydrogen (secondary N) is 1. The minimum Gasteiger partial charge on any atom is -0.507 e. The van der Waals surface area contributed by atoms with Crippen LogP contribution in [0.15, 0.2) is 18.2 Å². The van der Waals surface area contributed by atoms with Crippen molar-refractivity contribution >= 4 is 17.5 Å². The molecule has 0 heterocycles. The number of rotatable bonds is 6. The fourth-order valence-electron chi connectivity index (χ4n) is 1.41. The van der Waals surface area contributed by atoms with Crippen molar-refractivity contribution in [2.45, 2.75) is 6.04 Å². The van der Waals surface area contributed by atoms with Crippen molar-refractivity contribution in [1.82, 2.24) is 5.32 Å². The molecule has 18 heavy (non-hydrogen) atoms. The highest BCUT2D eigenvalue weighted by Gasteiger charge is 2.16. The molecule has 0 aliphatic rings. The third-order valence-corrected chi connectivity index (χ3v) is 2.71. The van der Waals surface area contributed by atoms with Crippen LogP contribution in [0, 0.1) is 0 Å². The molecule has 0 radical (unpaired) electrons. The van der Waals surface area contributed by atoms with Crippen molar-refractivity contribution in [1.29, 1.82) is 0 Å². The molecule has 1 rings (SSSR count). The molecule has 100 valence electrons. The summed E-state index contributed by atoms with van der Waals surface area (Å²) in [5.41, 5.74) is 0.139. The minimum absolute atomic E-state index is 0.112. The van der Waals surface area contributed by atoms with Crippen molar-refractivity contribution < 1.29 is 19.4 Å². The van der Waals surface area contributed by atoms with Gasteiger partial charge >= 0.3 is 0 Å². The van der Waals surface area contributed by atoms with E-state index >= 15 is 0 Å². The van der Waals surface area contributed by atoms with Gasteiger partial charge in [0.15, 0.2) is 0 Å². The summed E-state index contributed by atoms with van der Waals surface area (Å²) in [6, 6.07) is 4.12. The second-order valence-corrected chi connectivity index (χ2v) is 3.97. The highest BCUT2D eigenvalue weighted by molar-refractivity contribution is 6.18. The molecule has 1 atom stereocenters. The van der Waals surface area contributed by atoms with Crippen LogP contribution >= 0.6 is 11.6 Å². The van der Waals surface area contributed by atoms with E-state index in [-0.39, 0.29) is 23.2 Å². The van der Waals surface area contributed by atoms with Crippen LogP contribution in [-0.4, -0.2) is 43.8 Å². The maximum atomic E-state index is 11.9. The van der Waals surface area contributed by atoms with Gasteiger partial charge in [0.05, 0.1) is 25.3 Å². The Kier molecular flexibility index (Phi) is 5.74. The fraction of sp³-hybridized carbons (Fsp3) is 0.417. The van der Waals surface area contributed by atoms with Crippen molar-refractivity contribution in [3.63, 3.8) is 0 Å². The van der Waals surface area contributed by atoms with E-state index in [1.807, 2.05) is 0 Å². The third kappa shape index (κ3) is 3.78. The monoisotopic (exact) mass is 273 g/mol. The molecule has 5 nitrogen and oxygen atoms in total. The first-order valence-electron chi connectivity index (χ1n) is 5.35. The number of phenols is 1. The summed E-state index contributed by atoms with van der Waals surface area (Å²) in [7, 11) is 3.01. The number of ether oxygens (including phenoxy) is 2. The zero-order valence-electron chi connectivity index (χ0n) is 10.3. The SMILES string of the molecule is COCC(CCl)NC(=O)c1cc(OC)ccc1O. The molecule has 0 bridgehead atoms. The van der Waals surface area contributed by atoms with Gasteiger partial charge in [-0.15, -0.1) is 11.6 Å². The summed E-state index contributed by atoms with van der Waals surface area (Å²) in [4.78, 5) is 11.9. The van der Waals surface area contributed by atoms with E-state index in [4.69, 9.17) is 21.1 Å². The Bertz CT molecular complexity index is 411. The third-order valence-electron chi connectivity index (χ3n) is 2.34. The number of phenolic OH excluding ortho intramolecular Hbond substituents is 1. The van der Waals surface area contributed by atoms with Crippen molar-refractivity contribution in [2.24, 2.45) is 0 Å². The van der Waals surface area contributed by atoms with Crippen LogP contribution in [0.1, 0.15) is 10.4 Å². The van der Waals surface area contributed by atoms with Gasteiger partial charge in [0.25, 0.3) is 5.91 Å². The van der Waals surface area contributed by atoms with E-state index < -0.39 is 5.91 Å². The van der Waals surface area contributed by atoms with Crippen LogP contribution in [0.4, 0.5) is 0 Å². The van der Waals surface area contributed by atoms with Crippen molar-refractivity contribution in [3.05, 3.63) is 23.8 Å². The summed E-state index contributed by atoms with van der Waals surface area (Å²) in [5, 5.41) is 12.3. The van der Waals surface area contributed by atoms with Crippen LogP contribution in [0.3, 0.4) is 0 Å². The topological polar surface area (TPSA) is 67.8 Å². The molecular formula is C12H16ClNO4. The molecule has 0 saturated carbocycles. The Balaban J connectivity index is 2.82. The summed E-state index contributed by atoms with van der Waals surface area (Å²) < 4.78 is 9.92. The number of carbonyl (C=O) groups excluding carboxylic acids is 1. The molecule has 0 spiro atoms. The summed E-state index contributed by atoms with van der Waals surface area (Å²) in [6.45, 7) is 0.306. The Morgan fingerprint density at radius 1 is 1.50 bits per heavy atom. The normalized spacial score (nSPS) is 11.9. The van der Waals surface area contributed by atoms with Crippen molar-refractivity contribution in [3.8, 4) is 11.5 Å². The molecule has 1 aromatic carbocycles. The van der Waals surface area contributed by atoms with Gasteiger partial charge in [-0.3, -0.25) is 4.79 Å². The average Bonchev–Trinajstić information content (AvgIpc) is 2.38. The van der Waals surface area contributed by atoms with Gasteiger partial charge in [0.2, 0.25) is 0 Å². The highest BCUT2D eigenvalue weighted by atomic mass is 35.5. The van der Waals surface area contributed by atoms with E-state index in [1.54, 1.807) is 6.07 Å². The molecule has 0 fully saturated rings. The number of amides is 1. The summed E-state index contributed by atoms with van der Waals surface area (Å²) in [5.74, 6) is 0.185. The molecule has 6 heteroatoms. The zero-order valence-corrected chi connectivity index (χ0v) is 11.0. The predicted molar refractivity (Wildman–Crippen MR) is 68.5 cm³/mol. The van der Waals surface area contributed by atoms with Crippen LogP contribution in [0.2, 0.25) is 0 Å². The second-order valence-electron chi connectivity index (χ2n) is 3.66. The number of benzene rings is 1. The Morgan fingerprint density at radius 2 is 2.22 bits per heavy atom. The maximum Gasteiger partial charge on any atom is 0.255 e.